The Bertz CT molecular complexity index is 1020. The number of hydrogen-bond acceptors (Lipinski definition) is 5. The van der Waals surface area contributed by atoms with E-state index >= 15 is 0 Å². The van der Waals surface area contributed by atoms with Gasteiger partial charge < -0.3 is 0 Å². The highest BCUT2D eigenvalue weighted by atomic mass is 19.1. The summed E-state index contributed by atoms with van der Waals surface area (Å²) in [7, 11) is 0. The van der Waals surface area contributed by atoms with Crippen LogP contribution < -0.4 is 0 Å². The average Bonchev–Trinajstić information content (AvgIpc) is 3.12. The molecule has 7 nitrogen and oxygen atoms in total. The molecular weight excluding hydrogens is 316 g/mol. The molecule has 0 radical (unpaired) electrons. The molecule has 4 heterocycles. The van der Waals surface area contributed by atoms with Crippen molar-refractivity contribution in [2.75, 3.05) is 0 Å². The zero-order valence-corrected chi connectivity index (χ0v) is 12.5. The van der Waals surface area contributed by atoms with Gasteiger partial charge in [0, 0.05) is 31.1 Å². The number of nitrogens with zero attached hydrogens (tertiary/aromatic N) is 6. The molecule has 0 aliphatic heterocycles. The van der Waals surface area contributed by atoms with Crippen molar-refractivity contribution in [3.05, 3.63) is 59.7 Å². The van der Waals surface area contributed by atoms with Gasteiger partial charge in [0.2, 0.25) is 5.82 Å². The Morgan fingerprint density at radius 1 is 1.17 bits per heavy atom. The van der Waals surface area contributed by atoms with Gasteiger partial charge in [0.25, 0.3) is 0 Å². The van der Waals surface area contributed by atoms with E-state index in [4.69, 9.17) is 0 Å². The molecular formula is C15H11F2N7. The molecule has 0 unspecified atom stereocenters. The Labute approximate surface area is 134 Å². The van der Waals surface area contributed by atoms with Crippen molar-refractivity contribution in [2.45, 2.75) is 13.3 Å². The maximum Gasteiger partial charge on any atom is 0.217 e. The van der Waals surface area contributed by atoms with Crippen LogP contribution >= 0.6 is 0 Å². The van der Waals surface area contributed by atoms with Crippen molar-refractivity contribution in [2.24, 2.45) is 0 Å². The molecule has 0 aliphatic carbocycles. The van der Waals surface area contributed by atoms with E-state index < -0.39 is 11.6 Å². The minimum atomic E-state index is -0.708. The number of halogens is 2. The quantitative estimate of drug-likeness (QED) is 0.623. The van der Waals surface area contributed by atoms with Crippen LogP contribution in [0.25, 0.3) is 17.2 Å². The highest BCUT2D eigenvalue weighted by Gasteiger charge is 2.20. The second-order valence-corrected chi connectivity index (χ2v) is 5.27. The summed E-state index contributed by atoms with van der Waals surface area (Å²) in [6.45, 7) is 1.73. The van der Waals surface area contributed by atoms with Gasteiger partial charge in [0.05, 0.1) is 5.69 Å². The van der Waals surface area contributed by atoms with E-state index in [1.165, 1.54) is 10.7 Å². The minimum Gasteiger partial charge on any atom is -0.291 e. The molecule has 9 heteroatoms. The van der Waals surface area contributed by atoms with Crippen LogP contribution in [0, 0.1) is 18.6 Å². The van der Waals surface area contributed by atoms with Crippen molar-refractivity contribution in [1.29, 1.82) is 0 Å². The Kier molecular flexibility index (Phi) is 3.26. The van der Waals surface area contributed by atoms with Crippen molar-refractivity contribution in [1.82, 2.24) is 34.5 Å². The summed E-state index contributed by atoms with van der Waals surface area (Å²) < 4.78 is 29.4. The van der Waals surface area contributed by atoms with Crippen LogP contribution in [0.4, 0.5) is 8.78 Å². The largest absolute Gasteiger partial charge is 0.291 e. The van der Waals surface area contributed by atoms with E-state index in [2.05, 4.69) is 30.1 Å². The monoisotopic (exact) mass is 327 g/mol. The number of imidazole rings is 1. The van der Waals surface area contributed by atoms with Crippen LogP contribution in [0.5, 0.6) is 0 Å². The van der Waals surface area contributed by atoms with Crippen LogP contribution in [-0.2, 0) is 6.42 Å². The Morgan fingerprint density at radius 2 is 1.96 bits per heavy atom. The third kappa shape index (κ3) is 2.39. The normalized spacial score (nSPS) is 11.3. The molecule has 0 atom stereocenters. The van der Waals surface area contributed by atoms with Crippen LogP contribution in [0.3, 0.4) is 0 Å². The second-order valence-electron chi connectivity index (χ2n) is 5.27. The van der Waals surface area contributed by atoms with Crippen molar-refractivity contribution >= 4 is 5.52 Å². The van der Waals surface area contributed by atoms with Gasteiger partial charge >= 0.3 is 0 Å². The van der Waals surface area contributed by atoms with Gasteiger partial charge in [-0.2, -0.15) is 5.10 Å². The lowest BCUT2D eigenvalue weighted by molar-refractivity contribution is 0.578. The Morgan fingerprint density at radius 3 is 2.67 bits per heavy atom. The fourth-order valence-electron chi connectivity index (χ4n) is 2.55. The topological polar surface area (TPSA) is 84.7 Å². The van der Waals surface area contributed by atoms with Gasteiger partial charge in [0.1, 0.15) is 23.5 Å². The minimum absolute atomic E-state index is 0.178. The lowest BCUT2D eigenvalue weighted by Gasteiger charge is -2.01. The van der Waals surface area contributed by atoms with E-state index in [-0.39, 0.29) is 17.2 Å². The van der Waals surface area contributed by atoms with Gasteiger partial charge in [-0.1, -0.05) is 0 Å². The first-order valence-corrected chi connectivity index (χ1v) is 7.11. The molecule has 4 aromatic heterocycles. The fourth-order valence-corrected chi connectivity index (χ4v) is 2.55. The first-order valence-electron chi connectivity index (χ1n) is 7.11. The SMILES string of the molecule is Cc1nc(-c2nc(Cc3cncnc3)c3c(F)cc(F)cn23)n[nH]1. The molecule has 120 valence electrons. The van der Waals surface area contributed by atoms with Gasteiger partial charge in [-0.25, -0.2) is 28.7 Å². The number of aromatic nitrogens is 7. The highest BCUT2D eigenvalue weighted by Crippen LogP contribution is 2.25. The van der Waals surface area contributed by atoms with Gasteiger partial charge in [0.15, 0.2) is 11.6 Å². The molecule has 0 fully saturated rings. The summed E-state index contributed by atoms with van der Waals surface area (Å²) in [4.78, 5) is 16.5. The first kappa shape index (κ1) is 14.4. The summed E-state index contributed by atoms with van der Waals surface area (Å²) >= 11 is 0. The van der Waals surface area contributed by atoms with Crippen molar-refractivity contribution in [3.8, 4) is 11.6 Å². The summed E-state index contributed by atoms with van der Waals surface area (Å²) in [6.07, 6.45) is 6.12. The number of rotatable bonds is 3. The summed E-state index contributed by atoms with van der Waals surface area (Å²) in [5, 5.41) is 6.72. The number of aryl methyl sites for hydroxylation is 1. The molecule has 0 saturated heterocycles. The van der Waals surface area contributed by atoms with Gasteiger partial charge in [-0.05, 0) is 12.5 Å². The summed E-state index contributed by atoms with van der Waals surface area (Å²) in [5.41, 5.74) is 1.37. The molecule has 4 rings (SSSR count). The Balaban J connectivity index is 1.94. The maximum atomic E-state index is 14.4. The molecule has 24 heavy (non-hydrogen) atoms. The van der Waals surface area contributed by atoms with Crippen LogP contribution in [0.15, 0.2) is 31.0 Å². The molecule has 0 saturated carbocycles. The molecule has 0 spiro atoms. The fraction of sp³-hybridized carbons (Fsp3) is 0.133. The van der Waals surface area contributed by atoms with Crippen molar-refractivity contribution in [3.63, 3.8) is 0 Å². The van der Waals surface area contributed by atoms with Gasteiger partial charge in [-0.3, -0.25) is 9.50 Å². The van der Waals surface area contributed by atoms with E-state index in [0.29, 0.717) is 17.9 Å². The van der Waals surface area contributed by atoms with E-state index in [9.17, 15) is 8.78 Å². The molecule has 0 aromatic carbocycles. The van der Waals surface area contributed by atoms with Gasteiger partial charge in [-0.15, -0.1) is 0 Å². The predicted molar refractivity (Wildman–Crippen MR) is 80.1 cm³/mol. The number of fused-ring (bicyclic) bond motifs is 1. The number of hydrogen-bond donors (Lipinski definition) is 1. The summed E-state index contributed by atoms with van der Waals surface area (Å²) in [6, 6.07) is 0.828. The first-order chi connectivity index (χ1) is 11.6. The third-order valence-corrected chi connectivity index (χ3v) is 3.51. The molecule has 0 aliphatic rings. The average molecular weight is 327 g/mol. The van der Waals surface area contributed by atoms with E-state index in [1.807, 2.05) is 0 Å². The molecule has 0 bridgehead atoms. The lowest BCUT2D eigenvalue weighted by Crippen LogP contribution is -1.96. The zero-order valence-electron chi connectivity index (χ0n) is 12.5. The Hall–Kier alpha value is -3.23. The third-order valence-electron chi connectivity index (χ3n) is 3.51. The number of H-pyrrole nitrogens is 1. The van der Waals surface area contributed by atoms with E-state index in [0.717, 1.165) is 17.8 Å². The molecule has 4 aromatic rings. The standard InChI is InChI=1S/C15H11F2N7/c1-8-20-14(23-22-8)15-21-12(2-9-4-18-7-19-5-9)13-11(17)3-10(16)6-24(13)15/h3-7H,2H2,1H3,(H,20,22,23). The predicted octanol–water partition coefficient (Wildman–Crippen LogP) is 2.09. The summed E-state index contributed by atoms with van der Waals surface area (Å²) in [5.74, 6) is -0.298. The van der Waals surface area contributed by atoms with Crippen LogP contribution in [0.2, 0.25) is 0 Å². The molecule has 0 amide bonds. The smallest absolute Gasteiger partial charge is 0.217 e. The van der Waals surface area contributed by atoms with Crippen LogP contribution in [-0.4, -0.2) is 34.5 Å². The van der Waals surface area contributed by atoms with Crippen LogP contribution in [0.1, 0.15) is 17.1 Å². The highest BCUT2D eigenvalue weighted by molar-refractivity contribution is 5.63. The van der Waals surface area contributed by atoms with E-state index in [1.54, 1.807) is 19.3 Å². The maximum absolute atomic E-state index is 14.4. The molecule has 1 N–H and O–H groups in total. The zero-order chi connectivity index (χ0) is 16.7. The number of pyridine rings is 1. The van der Waals surface area contributed by atoms with Crippen molar-refractivity contribution < 1.29 is 8.78 Å². The number of aromatic amines is 1. The lowest BCUT2D eigenvalue weighted by atomic mass is 10.1. The number of nitrogens with one attached hydrogen (secondary N) is 1. The second kappa shape index (κ2) is 5.44.